The first-order chi connectivity index (χ1) is 15.5. The van der Waals surface area contributed by atoms with E-state index in [0.29, 0.717) is 16.5 Å². The van der Waals surface area contributed by atoms with Gasteiger partial charge in [0.2, 0.25) is 0 Å². The summed E-state index contributed by atoms with van der Waals surface area (Å²) in [5, 5.41) is 7.10. The third-order valence-corrected chi connectivity index (χ3v) is 7.70. The molecule has 164 valence electrons. The second-order valence-corrected chi connectivity index (χ2v) is 10.3. The summed E-state index contributed by atoms with van der Waals surface area (Å²) < 4.78 is 2.92. The van der Waals surface area contributed by atoms with Crippen molar-refractivity contribution >= 4 is 67.3 Å². The van der Waals surface area contributed by atoms with Crippen LogP contribution in [0.15, 0.2) is 57.0 Å². The van der Waals surface area contributed by atoms with Crippen molar-refractivity contribution in [3.63, 3.8) is 0 Å². The first kappa shape index (κ1) is 21.7. The number of aromatic nitrogens is 2. The van der Waals surface area contributed by atoms with Gasteiger partial charge in [0.15, 0.2) is 5.17 Å². The Balaban J connectivity index is 1.34. The molecule has 0 spiro atoms. The zero-order valence-electron chi connectivity index (χ0n) is 17.5. The number of thioether (sulfide) groups is 1. The summed E-state index contributed by atoms with van der Waals surface area (Å²) in [5.74, 6) is -0.160. The molecular weight excluding hydrogens is 510 g/mol. The van der Waals surface area contributed by atoms with E-state index in [1.165, 1.54) is 11.8 Å². The lowest BCUT2D eigenvalue weighted by Gasteiger charge is -2.32. The molecule has 9 heteroatoms. The fraction of sp³-hybridized carbons (Fsp3) is 0.261. The molecule has 5 rings (SSSR count). The third kappa shape index (κ3) is 4.50. The smallest absolute Gasteiger partial charge is 0.286 e. The molecule has 0 atom stereocenters. The number of likely N-dealkylation sites (N-methyl/N-ethyl adjacent to an activating group) is 1. The van der Waals surface area contributed by atoms with Gasteiger partial charge in [-0.3, -0.25) is 9.48 Å². The largest absolute Gasteiger partial charge is 0.348 e. The van der Waals surface area contributed by atoms with Crippen LogP contribution in [-0.2, 0) is 11.3 Å². The number of hydrogen-bond donors (Lipinski definition) is 0. The normalized spacial score (nSPS) is 18.7. The standard InChI is InChI=1S/C23H21BrClN5OS/c1-28-6-8-29(9-7-28)23-27-22(31)21(32-23)11-15-2-5-20-17(10-15)13-26-30(20)14-16-3-4-18(25)12-19(16)24/h2-5,10-13H,6-9,14H2,1H3. The van der Waals surface area contributed by atoms with Gasteiger partial charge in [-0.1, -0.05) is 39.7 Å². The van der Waals surface area contributed by atoms with Crippen molar-refractivity contribution in [2.75, 3.05) is 33.2 Å². The predicted octanol–water partition coefficient (Wildman–Crippen LogP) is 4.72. The molecule has 0 N–H and O–H groups in total. The Hall–Kier alpha value is -2.13. The Labute approximate surface area is 204 Å². The SMILES string of the molecule is CN1CCN(C2=NC(=O)C(=Cc3ccc4c(cnn4Cc4ccc(Cl)cc4Br)c3)S2)CC1. The number of amidine groups is 1. The Bertz CT molecular complexity index is 1260. The van der Waals surface area contributed by atoms with Crippen molar-refractivity contribution in [2.24, 2.45) is 4.99 Å². The van der Waals surface area contributed by atoms with E-state index >= 15 is 0 Å². The van der Waals surface area contributed by atoms with Crippen LogP contribution in [0, 0.1) is 0 Å². The highest BCUT2D eigenvalue weighted by molar-refractivity contribution is 9.10. The van der Waals surface area contributed by atoms with Gasteiger partial charge in [0.1, 0.15) is 0 Å². The van der Waals surface area contributed by atoms with E-state index in [0.717, 1.165) is 57.8 Å². The maximum absolute atomic E-state index is 12.5. The van der Waals surface area contributed by atoms with E-state index < -0.39 is 0 Å². The second kappa shape index (κ2) is 9.02. The highest BCUT2D eigenvalue weighted by atomic mass is 79.9. The Kier molecular flexibility index (Phi) is 6.11. The van der Waals surface area contributed by atoms with Crippen LogP contribution < -0.4 is 0 Å². The van der Waals surface area contributed by atoms with Crippen molar-refractivity contribution in [2.45, 2.75) is 6.54 Å². The second-order valence-electron chi connectivity index (χ2n) is 7.96. The summed E-state index contributed by atoms with van der Waals surface area (Å²) in [5.41, 5.74) is 3.11. The van der Waals surface area contributed by atoms with E-state index in [1.54, 1.807) is 0 Å². The van der Waals surface area contributed by atoms with Crippen LogP contribution in [0.3, 0.4) is 0 Å². The molecule has 0 bridgehead atoms. The summed E-state index contributed by atoms with van der Waals surface area (Å²) in [4.78, 5) is 21.9. The number of aliphatic imine (C=N–C) groups is 1. The molecule has 32 heavy (non-hydrogen) atoms. The van der Waals surface area contributed by atoms with Gasteiger partial charge in [-0.15, -0.1) is 0 Å². The molecule has 3 heterocycles. The lowest BCUT2D eigenvalue weighted by molar-refractivity contribution is -0.113. The van der Waals surface area contributed by atoms with Crippen molar-refractivity contribution < 1.29 is 4.79 Å². The molecule has 2 aromatic carbocycles. The molecule has 1 amide bonds. The number of hydrogen-bond acceptors (Lipinski definition) is 5. The molecule has 3 aromatic rings. The summed E-state index contributed by atoms with van der Waals surface area (Å²) in [7, 11) is 2.12. The van der Waals surface area contributed by atoms with Gasteiger partial charge in [-0.2, -0.15) is 10.1 Å². The quantitative estimate of drug-likeness (QED) is 0.459. The van der Waals surface area contributed by atoms with Gasteiger partial charge in [-0.25, -0.2) is 0 Å². The summed E-state index contributed by atoms with van der Waals surface area (Å²) in [6, 6.07) is 11.9. The Morgan fingerprint density at radius 1 is 1.16 bits per heavy atom. The molecule has 2 aliphatic heterocycles. The van der Waals surface area contributed by atoms with Crippen LogP contribution in [0.5, 0.6) is 0 Å². The number of fused-ring (bicyclic) bond motifs is 1. The lowest BCUT2D eigenvalue weighted by Crippen LogP contribution is -2.46. The van der Waals surface area contributed by atoms with Gasteiger partial charge >= 0.3 is 0 Å². The maximum Gasteiger partial charge on any atom is 0.286 e. The van der Waals surface area contributed by atoms with E-state index in [4.69, 9.17) is 11.6 Å². The number of carbonyl (C=O) groups is 1. The molecule has 2 aliphatic rings. The zero-order valence-corrected chi connectivity index (χ0v) is 20.6. The number of nitrogens with zero attached hydrogens (tertiary/aromatic N) is 5. The number of rotatable bonds is 3. The molecule has 0 unspecified atom stereocenters. The molecule has 1 fully saturated rings. The topological polar surface area (TPSA) is 53.7 Å². The van der Waals surface area contributed by atoms with E-state index in [2.05, 4.69) is 48.9 Å². The summed E-state index contributed by atoms with van der Waals surface area (Å²) in [6.45, 7) is 4.41. The van der Waals surface area contributed by atoms with Crippen molar-refractivity contribution in [3.8, 4) is 0 Å². The summed E-state index contributed by atoms with van der Waals surface area (Å²) in [6.07, 6.45) is 3.78. The molecule has 6 nitrogen and oxygen atoms in total. The average molecular weight is 531 g/mol. The van der Waals surface area contributed by atoms with Gasteiger partial charge in [0.25, 0.3) is 5.91 Å². The zero-order chi connectivity index (χ0) is 22.2. The van der Waals surface area contributed by atoms with Crippen molar-refractivity contribution in [3.05, 3.63) is 68.1 Å². The molecule has 1 aromatic heterocycles. The van der Waals surface area contributed by atoms with Gasteiger partial charge in [-0.05, 0) is 60.3 Å². The van der Waals surface area contributed by atoms with E-state index in [1.807, 2.05) is 47.3 Å². The van der Waals surface area contributed by atoms with Crippen LogP contribution in [0.25, 0.3) is 17.0 Å². The predicted molar refractivity (Wildman–Crippen MR) is 135 cm³/mol. The van der Waals surface area contributed by atoms with Crippen LogP contribution in [0.2, 0.25) is 5.02 Å². The number of piperazine rings is 1. The van der Waals surface area contributed by atoms with E-state index in [-0.39, 0.29) is 5.91 Å². The molecule has 0 aliphatic carbocycles. The number of carbonyl (C=O) groups excluding carboxylic acids is 1. The molecular formula is C23H21BrClN5OS. The molecule has 0 saturated carbocycles. The van der Waals surface area contributed by atoms with Crippen molar-refractivity contribution in [1.29, 1.82) is 0 Å². The summed E-state index contributed by atoms with van der Waals surface area (Å²) >= 11 is 11.1. The minimum Gasteiger partial charge on any atom is -0.348 e. The fourth-order valence-electron chi connectivity index (χ4n) is 3.81. The van der Waals surface area contributed by atoms with Gasteiger partial charge in [0, 0.05) is 41.1 Å². The first-order valence-electron chi connectivity index (χ1n) is 10.3. The minimum atomic E-state index is -0.160. The molecule has 0 radical (unpaired) electrons. The number of amides is 1. The Morgan fingerprint density at radius 3 is 2.75 bits per heavy atom. The highest BCUT2D eigenvalue weighted by Crippen LogP contribution is 2.31. The fourth-order valence-corrected chi connectivity index (χ4v) is 5.59. The van der Waals surface area contributed by atoms with E-state index in [9.17, 15) is 4.79 Å². The average Bonchev–Trinajstić information content (AvgIpc) is 3.34. The number of halogens is 2. The highest BCUT2D eigenvalue weighted by Gasteiger charge is 2.27. The van der Waals surface area contributed by atoms with Crippen LogP contribution >= 0.6 is 39.3 Å². The minimum absolute atomic E-state index is 0.160. The van der Waals surface area contributed by atoms with Crippen LogP contribution in [-0.4, -0.2) is 63.9 Å². The van der Waals surface area contributed by atoms with Gasteiger partial charge < -0.3 is 9.80 Å². The lowest BCUT2D eigenvalue weighted by atomic mass is 10.1. The third-order valence-electron chi connectivity index (χ3n) is 5.68. The monoisotopic (exact) mass is 529 g/mol. The molecule has 1 saturated heterocycles. The van der Waals surface area contributed by atoms with Crippen molar-refractivity contribution in [1.82, 2.24) is 19.6 Å². The maximum atomic E-state index is 12.5. The van der Waals surface area contributed by atoms with Crippen LogP contribution in [0.4, 0.5) is 0 Å². The van der Waals surface area contributed by atoms with Gasteiger partial charge in [0.05, 0.1) is 23.2 Å². The van der Waals surface area contributed by atoms with Crippen LogP contribution in [0.1, 0.15) is 11.1 Å². The number of benzene rings is 2. The Morgan fingerprint density at radius 2 is 1.97 bits per heavy atom. The first-order valence-corrected chi connectivity index (χ1v) is 12.3.